The highest BCUT2D eigenvalue weighted by Crippen LogP contribution is 2.35. The van der Waals surface area contributed by atoms with Gasteiger partial charge in [-0.2, -0.15) is 13.2 Å². The van der Waals surface area contributed by atoms with E-state index in [0.29, 0.717) is 25.3 Å². The van der Waals surface area contributed by atoms with Crippen LogP contribution >= 0.6 is 0 Å². The highest BCUT2D eigenvalue weighted by molar-refractivity contribution is 5.96. The number of aliphatic hydroxyl groups excluding tert-OH is 1. The van der Waals surface area contributed by atoms with Crippen LogP contribution in [0.5, 0.6) is 0 Å². The minimum atomic E-state index is -4.72. The number of likely N-dealkylation sites (tertiary alicyclic amines) is 1. The predicted molar refractivity (Wildman–Crippen MR) is 182 cm³/mol. The topological polar surface area (TPSA) is 111 Å². The summed E-state index contributed by atoms with van der Waals surface area (Å²) in [4.78, 5) is 42.3. The van der Waals surface area contributed by atoms with Crippen LogP contribution in [0.2, 0.25) is 0 Å². The van der Waals surface area contributed by atoms with Gasteiger partial charge in [-0.05, 0) is 66.5 Å². The molecule has 1 heterocycles. The van der Waals surface area contributed by atoms with Crippen molar-refractivity contribution >= 4 is 17.7 Å². The summed E-state index contributed by atoms with van der Waals surface area (Å²) in [5.41, 5.74) is -0.426. The number of carbonyl (C=O) groups excluding carboxylic acids is 3. The summed E-state index contributed by atoms with van der Waals surface area (Å²) < 4.78 is 53.7. The third-order valence-corrected chi connectivity index (χ3v) is 9.53. The van der Waals surface area contributed by atoms with Gasteiger partial charge in [0.2, 0.25) is 17.7 Å². The number of aryl methyl sites for hydroxylation is 1. The molecule has 4 N–H and O–H groups in total. The molecule has 1 unspecified atom stereocenters. The fraction of sp³-hybridized carbons (Fsp3) is 0.447. The van der Waals surface area contributed by atoms with Gasteiger partial charge in [-0.25, -0.2) is 4.39 Å². The van der Waals surface area contributed by atoms with Crippen LogP contribution in [0.15, 0.2) is 78.9 Å². The third kappa shape index (κ3) is 9.91. The van der Waals surface area contributed by atoms with Crippen LogP contribution in [0.4, 0.5) is 17.6 Å². The molecule has 5 atom stereocenters. The van der Waals surface area contributed by atoms with Crippen LogP contribution < -0.4 is 16.0 Å². The van der Waals surface area contributed by atoms with Crippen LogP contribution in [0.25, 0.3) is 0 Å². The first kappa shape index (κ1) is 38.5. The molecule has 0 saturated carbocycles. The van der Waals surface area contributed by atoms with Gasteiger partial charge in [-0.1, -0.05) is 80.9 Å². The minimum absolute atomic E-state index is 0.0469. The molecule has 8 nitrogen and oxygen atoms in total. The van der Waals surface area contributed by atoms with Crippen LogP contribution in [0.3, 0.4) is 0 Å². The standard InChI is InChI=1S/C38H46F4N4O4/c1-4-25(2)37(45-26(3)47)17-18-46(36(37)50)33(16-15-27-11-7-5-8-12-27)35(49)44-32(21-28-13-9-6-10-14-28)34(48)24-43-23-29-19-30(38(40,41)42)22-31(39)20-29/h5-14,19-20,22,25,32-34,43,48H,4,15-18,21,23-24H2,1-3H3,(H,44,49)(H,45,47)/t25?,32-,33-,34+,37-/m0/s1. The van der Waals surface area contributed by atoms with E-state index < -0.39 is 47.2 Å². The van der Waals surface area contributed by atoms with Crippen molar-refractivity contribution in [3.05, 3.63) is 107 Å². The maximum atomic E-state index is 14.3. The van der Waals surface area contributed by atoms with E-state index in [9.17, 15) is 37.1 Å². The smallest absolute Gasteiger partial charge is 0.390 e. The summed E-state index contributed by atoms with van der Waals surface area (Å²) >= 11 is 0. The van der Waals surface area contributed by atoms with Gasteiger partial charge >= 0.3 is 6.18 Å². The summed E-state index contributed by atoms with van der Waals surface area (Å²) in [5, 5.41) is 20.1. The molecule has 270 valence electrons. The highest BCUT2D eigenvalue weighted by atomic mass is 19.4. The Morgan fingerprint density at radius 3 is 2.22 bits per heavy atom. The average molecular weight is 699 g/mol. The molecule has 12 heteroatoms. The number of hydrogen-bond donors (Lipinski definition) is 4. The Bertz CT molecular complexity index is 1590. The second kappa shape index (κ2) is 17.1. The van der Waals surface area contributed by atoms with Crippen molar-refractivity contribution in [1.82, 2.24) is 20.9 Å². The van der Waals surface area contributed by atoms with E-state index in [0.717, 1.165) is 23.3 Å². The van der Waals surface area contributed by atoms with Crippen molar-refractivity contribution in [3.63, 3.8) is 0 Å². The molecular formula is C38H46F4N4O4. The number of rotatable bonds is 16. The molecule has 0 aliphatic carbocycles. The van der Waals surface area contributed by atoms with Crippen molar-refractivity contribution in [2.75, 3.05) is 13.1 Å². The summed E-state index contributed by atoms with van der Waals surface area (Å²) in [6.45, 7) is 5.17. The Morgan fingerprint density at radius 2 is 1.62 bits per heavy atom. The molecule has 3 aromatic carbocycles. The van der Waals surface area contributed by atoms with E-state index in [1.165, 1.54) is 11.8 Å². The average Bonchev–Trinajstić information content (AvgIpc) is 3.39. The maximum Gasteiger partial charge on any atom is 0.416 e. The quantitative estimate of drug-likeness (QED) is 0.154. The van der Waals surface area contributed by atoms with Crippen molar-refractivity contribution in [2.24, 2.45) is 5.92 Å². The largest absolute Gasteiger partial charge is 0.416 e. The highest BCUT2D eigenvalue weighted by Gasteiger charge is 2.53. The second-order valence-electron chi connectivity index (χ2n) is 13.1. The van der Waals surface area contributed by atoms with Gasteiger partial charge in [0.05, 0.1) is 17.7 Å². The molecule has 3 aromatic rings. The molecule has 1 aliphatic rings. The van der Waals surface area contributed by atoms with Crippen molar-refractivity contribution < 1.29 is 37.1 Å². The van der Waals surface area contributed by atoms with Crippen LogP contribution in [-0.4, -0.2) is 64.5 Å². The Balaban J connectivity index is 1.57. The number of carbonyl (C=O) groups is 3. The third-order valence-electron chi connectivity index (χ3n) is 9.53. The van der Waals surface area contributed by atoms with Gasteiger partial charge in [0.25, 0.3) is 0 Å². The summed E-state index contributed by atoms with van der Waals surface area (Å²) in [7, 11) is 0. The normalized spacial score (nSPS) is 18.7. The van der Waals surface area contributed by atoms with Crippen LogP contribution in [0, 0.1) is 11.7 Å². The number of amides is 3. The Morgan fingerprint density at radius 1 is 0.980 bits per heavy atom. The van der Waals surface area contributed by atoms with E-state index in [-0.39, 0.29) is 55.8 Å². The van der Waals surface area contributed by atoms with E-state index in [1.54, 1.807) is 0 Å². The lowest BCUT2D eigenvalue weighted by molar-refractivity contribution is -0.144. The van der Waals surface area contributed by atoms with Crippen molar-refractivity contribution in [2.45, 2.75) is 89.3 Å². The van der Waals surface area contributed by atoms with Crippen LogP contribution in [0.1, 0.15) is 62.3 Å². The lowest BCUT2D eigenvalue weighted by Crippen LogP contribution is -2.60. The molecule has 0 aromatic heterocycles. The number of benzene rings is 3. The molecule has 3 amide bonds. The van der Waals surface area contributed by atoms with E-state index in [2.05, 4.69) is 16.0 Å². The van der Waals surface area contributed by atoms with Crippen LogP contribution in [-0.2, 0) is 39.9 Å². The first-order valence-electron chi connectivity index (χ1n) is 17.0. The first-order chi connectivity index (χ1) is 23.7. The lowest BCUT2D eigenvalue weighted by Gasteiger charge is -2.36. The fourth-order valence-electron chi connectivity index (χ4n) is 6.65. The Hall–Kier alpha value is -4.29. The molecule has 50 heavy (non-hydrogen) atoms. The number of hydrogen-bond acceptors (Lipinski definition) is 5. The summed E-state index contributed by atoms with van der Waals surface area (Å²) in [6.07, 6.45) is -3.97. The van der Waals surface area contributed by atoms with Gasteiger partial charge in [0, 0.05) is 26.6 Å². The van der Waals surface area contributed by atoms with Crippen molar-refractivity contribution in [1.29, 1.82) is 0 Å². The van der Waals surface area contributed by atoms with E-state index in [4.69, 9.17) is 0 Å². The molecule has 0 spiro atoms. The number of nitrogens with zero attached hydrogens (tertiary/aromatic N) is 1. The number of halogens is 4. The van der Waals surface area contributed by atoms with Gasteiger partial charge < -0.3 is 26.0 Å². The van der Waals surface area contributed by atoms with Gasteiger partial charge in [0.1, 0.15) is 17.4 Å². The molecule has 1 aliphatic heterocycles. The Kier molecular flexibility index (Phi) is 13.2. The zero-order valence-electron chi connectivity index (χ0n) is 28.6. The number of nitrogens with one attached hydrogen (secondary N) is 3. The monoisotopic (exact) mass is 698 g/mol. The zero-order valence-corrected chi connectivity index (χ0v) is 28.6. The molecule has 1 saturated heterocycles. The van der Waals surface area contributed by atoms with E-state index >= 15 is 0 Å². The number of aliphatic hydroxyl groups is 1. The van der Waals surface area contributed by atoms with Gasteiger partial charge in [-0.3, -0.25) is 14.4 Å². The summed E-state index contributed by atoms with van der Waals surface area (Å²) in [6, 6.07) is 19.2. The Labute approximate surface area is 290 Å². The maximum absolute atomic E-state index is 14.3. The zero-order chi connectivity index (χ0) is 36.5. The molecule has 4 rings (SSSR count). The molecule has 0 bridgehead atoms. The summed E-state index contributed by atoms with van der Waals surface area (Å²) in [5.74, 6) is -2.36. The second-order valence-corrected chi connectivity index (χ2v) is 13.1. The molecular weight excluding hydrogens is 652 g/mol. The lowest BCUT2D eigenvalue weighted by atomic mass is 9.81. The van der Waals surface area contributed by atoms with Gasteiger partial charge in [-0.15, -0.1) is 0 Å². The number of alkyl halides is 3. The first-order valence-corrected chi connectivity index (χ1v) is 17.0. The molecule has 1 fully saturated rings. The SMILES string of the molecule is CCC(C)[C@@]1(NC(C)=O)CCN([C@@H](CCc2ccccc2)C(=O)N[C@@H](Cc2ccccc2)[C@H](O)CNCc2cc(F)cc(C(F)(F)F)c2)C1=O. The minimum Gasteiger partial charge on any atom is -0.390 e. The van der Waals surface area contributed by atoms with Gasteiger partial charge in [0.15, 0.2) is 0 Å². The molecule has 0 radical (unpaired) electrons. The van der Waals surface area contributed by atoms with Crippen molar-refractivity contribution in [3.8, 4) is 0 Å². The predicted octanol–water partition coefficient (Wildman–Crippen LogP) is 5.18. The fourth-order valence-corrected chi connectivity index (χ4v) is 6.65. The van der Waals surface area contributed by atoms with E-state index in [1.807, 2.05) is 74.5 Å².